The summed E-state index contributed by atoms with van der Waals surface area (Å²) in [6, 6.07) is 6.79. The molecular weight excluding hydrogens is 243 g/mol. The number of hydrogen-bond donors (Lipinski definition) is 1. The monoisotopic (exact) mass is 260 g/mol. The van der Waals surface area contributed by atoms with Crippen LogP contribution in [0.4, 0.5) is 4.39 Å². The molecule has 1 atom stereocenters. The van der Waals surface area contributed by atoms with Crippen LogP contribution in [0.15, 0.2) is 36.7 Å². The third-order valence-electron chi connectivity index (χ3n) is 2.99. The highest BCUT2D eigenvalue weighted by Gasteiger charge is 2.14. The zero-order chi connectivity index (χ0) is 13.8. The minimum absolute atomic E-state index is 0.114. The highest BCUT2D eigenvalue weighted by molar-refractivity contribution is 5.36. The minimum atomic E-state index is -0.230. The summed E-state index contributed by atoms with van der Waals surface area (Å²) in [4.78, 5) is 4.14. The number of pyridine rings is 1. The second-order valence-electron chi connectivity index (χ2n) is 4.44. The summed E-state index contributed by atoms with van der Waals surface area (Å²) in [5, 5.41) is 3.18. The van der Waals surface area contributed by atoms with Crippen molar-refractivity contribution in [1.82, 2.24) is 10.3 Å². The van der Waals surface area contributed by atoms with Crippen molar-refractivity contribution in [1.29, 1.82) is 0 Å². The van der Waals surface area contributed by atoms with Crippen LogP contribution in [0.1, 0.15) is 22.7 Å². The Morgan fingerprint density at radius 1 is 1.16 bits per heavy atom. The normalized spacial score (nSPS) is 12.2. The predicted octanol–water partition coefficient (Wildman–Crippen LogP) is 2.85. The van der Waals surface area contributed by atoms with E-state index in [1.807, 2.05) is 26.1 Å². The molecule has 0 saturated carbocycles. The van der Waals surface area contributed by atoms with Gasteiger partial charge >= 0.3 is 0 Å². The zero-order valence-corrected chi connectivity index (χ0v) is 11.3. The number of rotatable bonds is 4. The second kappa shape index (κ2) is 5.80. The molecule has 0 radical (unpaired) electrons. The van der Waals surface area contributed by atoms with E-state index >= 15 is 0 Å². The molecule has 100 valence electrons. The summed E-state index contributed by atoms with van der Waals surface area (Å²) in [5.41, 5.74) is 2.70. The minimum Gasteiger partial charge on any atom is -0.495 e. The maximum atomic E-state index is 13.5. The van der Waals surface area contributed by atoms with Crippen molar-refractivity contribution in [3.8, 4) is 5.75 Å². The van der Waals surface area contributed by atoms with Crippen LogP contribution in [0.2, 0.25) is 0 Å². The van der Waals surface area contributed by atoms with Crippen molar-refractivity contribution in [3.63, 3.8) is 0 Å². The van der Waals surface area contributed by atoms with Gasteiger partial charge < -0.3 is 10.1 Å². The van der Waals surface area contributed by atoms with Gasteiger partial charge in [-0.15, -0.1) is 0 Å². The molecule has 1 aromatic heterocycles. The summed E-state index contributed by atoms with van der Waals surface area (Å²) in [6.45, 7) is 1.88. The maximum absolute atomic E-state index is 13.5. The molecule has 0 spiro atoms. The van der Waals surface area contributed by atoms with Gasteiger partial charge in [0.25, 0.3) is 0 Å². The molecule has 1 unspecified atom stereocenters. The van der Waals surface area contributed by atoms with Crippen molar-refractivity contribution >= 4 is 0 Å². The van der Waals surface area contributed by atoms with Gasteiger partial charge in [-0.1, -0.05) is 6.07 Å². The van der Waals surface area contributed by atoms with E-state index in [1.165, 1.54) is 12.1 Å². The van der Waals surface area contributed by atoms with Gasteiger partial charge in [-0.2, -0.15) is 0 Å². The highest BCUT2D eigenvalue weighted by Crippen LogP contribution is 2.25. The Morgan fingerprint density at radius 2 is 1.95 bits per heavy atom. The summed E-state index contributed by atoms with van der Waals surface area (Å²) < 4.78 is 18.7. The van der Waals surface area contributed by atoms with Gasteiger partial charge in [0.1, 0.15) is 11.6 Å². The average molecular weight is 260 g/mol. The molecule has 0 fully saturated rings. The average Bonchev–Trinajstić information content (AvgIpc) is 2.39. The fourth-order valence-corrected chi connectivity index (χ4v) is 2.16. The SMILES string of the molecule is CNC(c1cc(C)cc(F)c1)c1cncc(OC)c1. The summed E-state index contributed by atoms with van der Waals surface area (Å²) in [5.74, 6) is 0.456. The second-order valence-corrected chi connectivity index (χ2v) is 4.44. The van der Waals surface area contributed by atoms with E-state index < -0.39 is 0 Å². The number of nitrogens with zero attached hydrogens (tertiary/aromatic N) is 1. The Bertz CT molecular complexity index is 552. The zero-order valence-electron chi connectivity index (χ0n) is 11.3. The van der Waals surface area contributed by atoms with Crippen molar-refractivity contribution < 1.29 is 9.13 Å². The first-order valence-corrected chi connectivity index (χ1v) is 6.07. The smallest absolute Gasteiger partial charge is 0.137 e. The molecule has 2 aromatic rings. The lowest BCUT2D eigenvalue weighted by molar-refractivity contribution is 0.411. The van der Waals surface area contributed by atoms with Crippen LogP contribution in [0.25, 0.3) is 0 Å². The lowest BCUT2D eigenvalue weighted by atomic mass is 9.98. The van der Waals surface area contributed by atoms with Crippen molar-refractivity contribution in [3.05, 3.63) is 59.2 Å². The first-order valence-electron chi connectivity index (χ1n) is 6.07. The van der Waals surface area contributed by atoms with Gasteiger partial charge in [0.15, 0.2) is 0 Å². The van der Waals surface area contributed by atoms with Gasteiger partial charge in [-0.3, -0.25) is 4.98 Å². The largest absolute Gasteiger partial charge is 0.495 e. The standard InChI is InChI=1S/C15H17FN2O/c1-10-4-11(6-13(16)5-10)15(17-2)12-7-14(19-3)9-18-8-12/h4-9,15,17H,1-3H3. The molecule has 0 amide bonds. The Morgan fingerprint density at radius 3 is 2.58 bits per heavy atom. The number of ether oxygens (including phenoxy) is 1. The van der Waals surface area contributed by atoms with E-state index in [0.717, 1.165) is 16.7 Å². The molecule has 0 aliphatic carbocycles. The molecule has 0 bridgehead atoms. The van der Waals surface area contributed by atoms with E-state index in [-0.39, 0.29) is 11.9 Å². The van der Waals surface area contributed by atoms with E-state index in [2.05, 4.69) is 10.3 Å². The number of aryl methyl sites for hydroxylation is 1. The third-order valence-corrected chi connectivity index (χ3v) is 2.99. The Balaban J connectivity index is 2.43. The quantitative estimate of drug-likeness (QED) is 0.918. The Kier molecular flexibility index (Phi) is 4.12. The molecule has 0 aliphatic heterocycles. The molecule has 19 heavy (non-hydrogen) atoms. The van der Waals surface area contributed by atoms with Gasteiger partial charge in [-0.05, 0) is 48.9 Å². The molecule has 1 heterocycles. The van der Waals surface area contributed by atoms with Gasteiger partial charge in [-0.25, -0.2) is 4.39 Å². The van der Waals surface area contributed by atoms with Crippen molar-refractivity contribution in [2.24, 2.45) is 0 Å². The molecule has 1 aromatic carbocycles. The van der Waals surface area contributed by atoms with Crippen LogP contribution in [0.5, 0.6) is 5.75 Å². The number of nitrogens with one attached hydrogen (secondary N) is 1. The molecule has 0 saturated heterocycles. The molecular formula is C15H17FN2O. The maximum Gasteiger partial charge on any atom is 0.137 e. The first kappa shape index (κ1) is 13.5. The number of hydrogen-bond acceptors (Lipinski definition) is 3. The Labute approximate surface area is 112 Å². The summed E-state index contributed by atoms with van der Waals surface area (Å²) >= 11 is 0. The summed E-state index contributed by atoms with van der Waals surface area (Å²) in [6.07, 6.45) is 3.40. The van der Waals surface area contributed by atoms with E-state index in [1.54, 1.807) is 19.5 Å². The predicted molar refractivity (Wildman–Crippen MR) is 72.8 cm³/mol. The van der Waals surface area contributed by atoms with Gasteiger partial charge in [0, 0.05) is 6.20 Å². The molecule has 2 rings (SSSR count). The van der Waals surface area contributed by atoms with Gasteiger partial charge in [0.2, 0.25) is 0 Å². The molecule has 0 aliphatic rings. The summed E-state index contributed by atoms with van der Waals surface area (Å²) in [7, 11) is 3.44. The van der Waals surface area contributed by atoms with E-state index in [0.29, 0.717) is 5.75 Å². The fourth-order valence-electron chi connectivity index (χ4n) is 2.16. The Hall–Kier alpha value is -1.94. The van der Waals surface area contributed by atoms with Crippen LogP contribution in [-0.2, 0) is 0 Å². The lowest BCUT2D eigenvalue weighted by Gasteiger charge is -2.18. The van der Waals surface area contributed by atoms with Crippen LogP contribution < -0.4 is 10.1 Å². The number of aromatic nitrogens is 1. The number of benzene rings is 1. The first-order chi connectivity index (χ1) is 9.13. The molecule has 4 heteroatoms. The molecule has 3 nitrogen and oxygen atoms in total. The number of halogens is 1. The van der Waals surface area contributed by atoms with Crippen LogP contribution >= 0.6 is 0 Å². The lowest BCUT2D eigenvalue weighted by Crippen LogP contribution is -2.18. The van der Waals surface area contributed by atoms with Crippen LogP contribution in [-0.4, -0.2) is 19.1 Å². The number of methoxy groups -OCH3 is 1. The van der Waals surface area contributed by atoms with E-state index in [9.17, 15) is 4.39 Å². The molecule has 1 N–H and O–H groups in total. The van der Waals surface area contributed by atoms with Gasteiger partial charge in [0.05, 0.1) is 19.3 Å². The topological polar surface area (TPSA) is 34.2 Å². The van der Waals surface area contributed by atoms with Crippen LogP contribution in [0.3, 0.4) is 0 Å². The van der Waals surface area contributed by atoms with Crippen molar-refractivity contribution in [2.45, 2.75) is 13.0 Å². The van der Waals surface area contributed by atoms with Crippen molar-refractivity contribution in [2.75, 3.05) is 14.2 Å². The third kappa shape index (κ3) is 3.09. The van der Waals surface area contributed by atoms with E-state index in [4.69, 9.17) is 4.74 Å². The highest BCUT2D eigenvalue weighted by atomic mass is 19.1. The van der Waals surface area contributed by atoms with Crippen LogP contribution in [0, 0.1) is 12.7 Å². The fraction of sp³-hybridized carbons (Fsp3) is 0.267.